The third-order valence-electron chi connectivity index (χ3n) is 3.01. The zero-order valence-corrected chi connectivity index (χ0v) is 12.3. The fraction of sp³-hybridized carbons (Fsp3) is 0.533. The zero-order chi connectivity index (χ0) is 14.8. The molecule has 5 heteroatoms. The van der Waals surface area contributed by atoms with Gasteiger partial charge in [-0.3, -0.25) is 0 Å². The molecule has 0 atom stereocenters. The predicted molar refractivity (Wildman–Crippen MR) is 80.2 cm³/mol. The molecule has 0 aliphatic heterocycles. The van der Waals surface area contributed by atoms with Gasteiger partial charge in [0.2, 0.25) is 0 Å². The maximum absolute atomic E-state index is 12.2. The van der Waals surface area contributed by atoms with Crippen molar-refractivity contribution in [1.82, 2.24) is 4.90 Å². The number of nitrogens with zero attached hydrogens (tertiary/aromatic N) is 1. The summed E-state index contributed by atoms with van der Waals surface area (Å²) >= 11 is 0. The van der Waals surface area contributed by atoms with Crippen molar-refractivity contribution < 1.29 is 14.6 Å². The van der Waals surface area contributed by atoms with Crippen LogP contribution in [0.1, 0.15) is 26.2 Å². The molecule has 0 saturated carbocycles. The normalized spacial score (nSPS) is 10.2. The summed E-state index contributed by atoms with van der Waals surface area (Å²) in [5, 5.41) is 11.9. The van der Waals surface area contributed by atoms with Gasteiger partial charge >= 0.3 is 6.03 Å². The van der Waals surface area contributed by atoms with Crippen LogP contribution >= 0.6 is 0 Å². The average Bonchev–Trinajstić information content (AvgIpc) is 2.46. The molecule has 5 nitrogen and oxygen atoms in total. The molecule has 2 amide bonds. The number of rotatable bonds is 8. The maximum Gasteiger partial charge on any atom is 0.321 e. The number of hydrogen-bond donors (Lipinski definition) is 2. The average molecular weight is 280 g/mol. The van der Waals surface area contributed by atoms with Crippen LogP contribution in [0.4, 0.5) is 10.5 Å². The van der Waals surface area contributed by atoms with E-state index in [9.17, 15) is 4.79 Å². The van der Waals surface area contributed by atoms with E-state index < -0.39 is 0 Å². The summed E-state index contributed by atoms with van der Waals surface area (Å²) in [5.41, 5.74) is 0.688. The maximum atomic E-state index is 12.2. The van der Waals surface area contributed by atoms with Crippen molar-refractivity contribution in [2.45, 2.75) is 26.2 Å². The first kappa shape index (κ1) is 16.3. The molecule has 0 spiro atoms. The number of nitrogens with one attached hydrogen (secondary N) is 1. The Morgan fingerprint density at radius 1 is 1.35 bits per heavy atom. The highest BCUT2D eigenvalue weighted by molar-refractivity contribution is 5.89. The van der Waals surface area contributed by atoms with Crippen LogP contribution in [0.3, 0.4) is 0 Å². The Kier molecular flexibility index (Phi) is 7.50. The summed E-state index contributed by atoms with van der Waals surface area (Å²) < 4.78 is 5.12. The van der Waals surface area contributed by atoms with E-state index in [1.807, 2.05) is 18.2 Å². The Morgan fingerprint density at radius 2 is 2.15 bits per heavy atom. The number of anilines is 1. The van der Waals surface area contributed by atoms with E-state index in [-0.39, 0.29) is 12.6 Å². The van der Waals surface area contributed by atoms with Crippen LogP contribution in [0.15, 0.2) is 24.3 Å². The number of urea groups is 1. The Bertz CT molecular complexity index is 410. The van der Waals surface area contributed by atoms with Gasteiger partial charge in [-0.05, 0) is 18.6 Å². The van der Waals surface area contributed by atoms with E-state index in [2.05, 4.69) is 12.2 Å². The molecule has 2 N–H and O–H groups in total. The number of hydrogen-bond acceptors (Lipinski definition) is 3. The highest BCUT2D eigenvalue weighted by Gasteiger charge is 2.12. The number of aliphatic hydroxyl groups is 1. The number of ether oxygens (including phenoxy) is 1. The minimum Gasteiger partial charge on any atom is -0.497 e. The van der Waals surface area contributed by atoms with Crippen LogP contribution in [0.25, 0.3) is 0 Å². The topological polar surface area (TPSA) is 61.8 Å². The first-order chi connectivity index (χ1) is 9.71. The number of carbonyl (C=O) groups is 1. The summed E-state index contributed by atoms with van der Waals surface area (Å²) in [6.07, 6.45) is 3.13. The molecule has 20 heavy (non-hydrogen) atoms. The fourth-order valence-corrected chi connectivity index (χ4v) is 1.89. The van der Waals surface area contributed by atoms with Crippen LogP contribution < -0.4 is 10.1 Å². The van der Waals surface area contributed by atoms with Crippen molar-refractivity contribution in [2.75, 3.05) is 32.1 Å². The number of benzene rings is 1. The molecule has 0 aliphatic rings. The summed E-state index contributed by atoms with van der Waals surface area (Å²) in [5.74, 6) is 0.697. The first-order valence-electron chi connectivity index (χ1n) is 7.02. The molecule has 0 bridgehead atoms. The Hall–Kier alpha value is -1.75. The number of amides is 2. The Balaban J connectivity index is 2.59. The van der Waals surface area contributed by atoms with Crippen LogP contribution in [-0.4, -0.2) is 42.8 Å². The van der Waals surface area contributed by atoms with E-state index in [1.165, 1.54) is 0 Å². The van der Waals surface area contributed by atoms with Gasteiger partial charge in [0.05, 0.1) is 13.7 Å². The second-order valence-corrected chi connectivity index (χ2v) is 4.58. The summed E-state index contributed by atoms with van der Waals surface area (Å²) in [6.45, 7) is 3.09. The number of carbonyl (C=O) groups excluding carboxylic acids is 1. The van der Waals surface area contributed by atoms with Crippen molar-refractivity contribution in [3.63, 3.8) is 0 Å². The number of aliphatic hydroxyl groups excluding tert-OH is 1. The third kappa shape index (κ3) is 5.48. The molecule has 0 saturated heterocycles. The molecule has 112 valence electrons. The van der Waals surface area contributed by atoms with Gasteiger partial charge in [0.15, 0.2) is 0 Å². The van der Waals surface area contributed by atoms with E-state index in [0.29, 0.717) is 24.5 Å². The standard InChI is InChI=1S/C15H24N2O3/c1-3-4-5-9-17(10-11-18)15(19)16-13-7-6-8-14(12-13)20-2/h6-8,12,18H,3-5,9-11H2,1-2H3,(H,16,19). The molecule has 0 aliphatic carbocycles. The zero-order valence-electron chi connectivity index (χ0n) is 12.3. The number of unbranched alkanes of at least 4 members (excludes halogenated alkanes) is 2. The van der Waals surface area contributed by atoms with Crippen molar-refractivity contribution >= 4 is 11.7 Å². The first-order valence-corrected chi connectivity index (χ1v) is 7.02. The molecule has 1 aromatic carbocycles. The van der Waals surface area contributed by atoms with Crippen LogP contribution in [0.5, 0.6) is 5.75 Å². The van der Waals surface area contributed by atoms with Gasteiger partial charge in [0.1, 0.15) is 5.75 Å². The lowest BCUT2D eigenvalue weighted by Gasteiger charge is -2.22. The SMILES string of the molecule is CCCCCN(CCO)C(=O)Nc1cccc(OC)c1. The van der Waals surface area contributed by atoms with Gasteiger partial charge < -0.3 is 20.1 Å². The predicted octanol–water partition coefficient (Wildman–Crippen LogP) is 2.71. The fourth-order valence-electron chi connectivity index (χ4n) is 1.89. The number of methoxy groups -OCH3 is 1. The van der Waals surface area contributed by atoms with Crippen molar-refractivity contribution in [3.8, 4) is 5.75 Å². The Labute approximate surface area is 120 Å². The Morgan fingerprint density at radius 3 is 2.80 bits per heavy atom. The molecule has 1 aromatic rings. The minimum absolute atomic E-state index is 0.0301. The third-order valence-corrected chi connectivity index (χ3v) is 3.01. The second kappa shape index (κ2) is 9.20. The monoisotopic (exact) mass is 280 g/mol. The highest BCUT2D eigenvalue weighted by Crippen LogP contribution is 2.17. The lowest BCUT2D eigenvalue weighted by molar-refractivity contribution is 0.187. The van der Waals surface area contributed by atoms with E-state index in [4.69, 9.17) is 9.84 Å². The molecule has 1 rings (SSSR count). The summed E-state index contributed by atoms with van der Waals surface area (Å²) in [6, 6.07) is 7.03. The molecule has 0 heterocycles. The molecule has 0 aromatic heterocycles. The van der Waals surface area contributed by atoms with E-state index in [0.717, 1.165) is 19.3 Å². The van der Waals surface area contributed by atoms with Crippen LogP contribution in [-0.2, 0) is 0 Å². The van der Waals surface area contributed by atoms with Crippen LogP contribution in [0.2, 0.25) is 0 Å². The van der Waals surface area contributed by atoms with Gasteiger partial charge in [-0.25, -0.2) is 4.79 Å². The van der Waals surface area contributed by atoms with E-state index >= 15 is 0 Å². The largest absolute Gasteiger partial charge is 0.497 e. The van der Waals surface area contributed by atoms with Gasteiger partial charge in [0, 0.05) is 24.8 Å². The van der Waals surface area contributed by atoms with Crippen molar-refractivity contribution in [1.29, 1.82) is 0 Å². The molecule has 0 radical (unpaired) electrons. The lowest BCUT2D eigenvalue weighted by atomic mass is 10.2. The van der Waals surface area contributed by atoms with Crippen LogP contribution in [0, 0.1) is 0 Å². The molecule has 0 unspecified atom stereocenters. The van der Waals surface area contributed by atoms with Gasteiger partial charge in [-0.15, -0.1) is 0 Å². The summed E-state index contributed by atoms with van der Waals surface area (Å²) in [7, 11) is 1.59. The smallest absolute Gasteiger partial charge is 0.321 e. The molecular weight excluding hydrogens is 256 g/mol. The summed E-state index contributed by atoms with van der Waals surface area (Å²) in [4.78, 5) is 13.8. The van der Waals surface area contributed by atoms with Gasteiger partial charge in [0.25, 0.3) is 0 Å². The van der Waals surface area contributed by atoms with E-state index in [1.54, 1.807) is 18.1 Å². The van der Waals surface area contributed by atoms with Crippen molar-refractivity contribution in [2.24, 2.45) is 0 Å². The van der Waals surface area contributed by atoms with Gasteiger partial charge in [-0.2, -0.15) is 0 Å². The molecule has 0 fully saturated rings. The lowest BCUT2D eigenvalue weighted by Crippen LogP contribution is -2.37. The molecular formula is C15H24N2O3. The quantitative estimate of drug-likeness (QED) is 0.720. The minimum atomic E-state index is -0.191. The van der Waals surface area contributed by atoms with Crippen molar-refractivity contribution in [3.05, 3.63) is 24.3 Å². The second-order valence-electron chi connectivity index (χ2n) is 4.58. The van der Waals surface area contributed by atoms with Gasteiger partial charge in [-0.1, -0.05) is 25.8 Å². The highest BCUT2D eigenvalue weighted by atomic mass is 16.5.